The Kier molecular flexibility index (Phi) is 6.07. The summed E-state index contributed by atoms with van der Waals surface area (Å²) in [5, 5.41) is 0. The topological polar surface area (TPSA) is 142 Å². The van der Waals surface area contributed by atoms with E-state index in [0.29, 0.717) is 17.2 Å². The standard InChI is InChI=1S/C18H25N6O3P3/c19-28(20)22-29(21,25-16-10-4-1-5-11-16)24-30(23-28,26-17-12-6-2-7-13-17)27-18-14-8-3-9-15-18/h1-15,22,24,29-30H,19-21H2. The molecule has 0 amide bonds. The van der Waals surface area contributed by atoms with Crippen LogP contribution in [-0.4, -0.2) is 0 Å². The normalized spacial score (nSPS) is 20.8. The van der Waals surface area contributed by atoms with Crippen LogP contribution in [0.3, 0.4) is 0 Å². The molecular weight excluding hydrogens is 441 g/mol. The fourth-order valence-electron chi connectivity index (χ4n) is 2.93. The summed E-state index contributed by atoms with van der Waals surface area (Å²) in [6, 6.07) is 27.5. The van der Waals surface area contributed by atoms with Crippen LogP contribution in [0.2, 0.25) is 0 Å². The molecule has 0 saturated heterocycles. The van der Waals surface area contributed by atoms with E-state index in [9.17, 15) is 0 Å². The van der Waals surface area contributed by atoms with E-state index in [4.69, 9.17) is 30.1 Å². The maximum absolute atomic E-state index is 6.63. The number of hydrogen-bond acceptors (Lipinski definition) is 9. The third-order valence-corrected chi connectivity index (χ3v) is 13.5. The first-order chi connectivity index (χ1) is 14.4. The van der Waals surface area contributed by atoms with Crippen LogP contribution in [0.5, 0.6) is 17.2 Å². The van der Waals surface area contributed by atoms with Crippen LogP contribution in [0, 0.1) is 0 Å². The number of rotatable bonds is 6. The van der Waals surface area contributed by atoms with Gasteiger partial charge in [0.05, 0.1) is 0 Å². The zero-order valence-electron chi connectivity index (χ0n) is 16.0. The van der Waals surface area contributed by atoms with Gasteiger partial charge in [-0.25, -0.2) is 0 Å². The Labute approximate surface area is 176 Å². The number of benzene rings is 3. The van der Waals surface area contributed by atoms with Crippen LogP contribution >= 0.6 is 23.5 Å². The molecule has 0 spiro atoms. The third-order valence-electron chi connectivity index (χ3n) is 4.01. The monoisotopic (exact) mass is 466 g/mol. The second kappa shape index (κ2) is 8.60. The van der Waals surface area contributed by atoms with Crippen LogP contribution in [0.4, 0.5) is 0 Å². The van der Waals surface area contributed by atoms with E-state index in [0.717, 1.165) is 0 Å². The molecule has 12 heteroatoms. The van der Waals surface area contributed by atoms with Crippen molar-refractivity contribution in [2.75, 3.05) is 0 Å². The molecule has 4 rings (SSSR count). The maximum atomic E-state index is 6.63. The second-order valence-electron chi connectivity index (χ2n) is 6.64. The number of para-hydroxylation sites is 3. The van der Waals surface area contributed by atoms with Gasteiger partial charge in [-0.05, 0) is 0 Å². The van der Waals surface area contributed by atoms with Crippen molar-refractivity contribution >= 4 is 23.5 Å². The van der Waals surface area contributed by atoms with Gasteiger partial charge < -0.3 is 0 Å². The molecule has 0 atom stereocenters. The van der Waals surface area contributed by atoms with Gasteiger partial charge in [0.25, 0.3) is 0 Å². The van der Waals surface area contributed by atoms with Gasteiger partial charge in [0.1, 0.15) is 0 Å². The van der Waals surface area contributed by atoms with Crippen molar-refractivity contribution in [3.63, 3.8) is 0 Å². The van der Waals surface area contributed by atoms with Crippen molar-refractivity contribution in [2.24, 2.45) is 21.0 Å². The molecule has 160 valence electrons. The first kappa shape index (κ1) is 21.2. The Morgan fingerprint density at radius 2 is 1.07 bits per heavy atom. The molecule has 0 aromatic heterocycles. The van der Waals surface area contributed by atoms with Crippen LogP contribution in [0.25, 0.3) is 0 Å². The molecule has 9 nitrogen and oxygen atoms in total. The average Bonchev–Trinajstić information content (AvgIpc) is 2.68. The van der Waals surface area contributed by atoms with Crippen LogP contribution in [-0.2, 0) is 0 Å². The van der Waals surface area contributed by atoms with Crippen molar-refractivity contribution in [3.8, 4) is 17.2 Å². The molecule has 0 aliphatic carbocycles. The Morgan fingerprint density at radius 1 is 0.667 bits per heavy atom. The zero-order valence-corrected chi connectivity index (χ0v) is 18.9. The van der Waals surface area contributed by atoms with Gasteiger partial charge in [0, 0.05) is 0 Å². The number of hydrogen-bond donors (Lipinski definition) is 5. The molecule has 1 aliphatic heterocycles. The summed E-state index contributed by atoms with van der Waals surface area (Å²) in [7, 11) is -10.2. The predicted molar refractivity (Wildman–Crippen MR) is 126 cm³/mol. The van der Waals surface area contributed by atoms with E-state index in [2.05, 4.69) is 14.2 Å². The van der Waals surface area contributed by atoms with Gasteiger partial charge in [0.2, 0.25) is 0 Å². The third kappa shape index (κ3) is 5.35. The molecule has 0 radical (unpaired) electrons. The van der Waals surface area contributed by atoms with Crippen molar-refractivity contribution in [3.05, 3.63) is 91.0 Å². The molecule has 1 aliphatic rings. The van der Waals surface area contributed by atoms with Crippen LogP contribution in [0.1, 0.15) is 0 Å². The fourth-order valence-corrected chi connectivity index (χ4v) is 13.3. The summed E-state index contributed by atoms with van der Waals surface area (Å²) < 4.78 is 23.2. The number of nitrogens with two attached hydrogens (primary N) is 3. The number of nitrogens with zero attached hydrogens (tertiary/aromatic N) is 1. The first-order valence-electron chi connectivity index (χ1n) is 9.16. The number of nitrogens with one attached hydrogen (secondary N) is 2. The summed E-state index contributed by atoms with van der Waals surface area (Å²) in [5.41, 5.74) is 19.2. The predicted octanol–water partition coefficient (Wildman–Crippen LogP) is 4.06. The van der Waals surface area contributed by atoms with E-state index in [-0.39, 0.29) is 0 Å². The molecule has 0 bridgehead atoms. The van der Waals surface area contributed by atoms with E-state index < -0.39 is 23.5 Å². The molecule has 1 heterocycles. The minimum absolute atomic E-state index is 0.550. The SMILES string of the molecule is NP1(N)=N[PH](Oc2ccccc2)(Oc2ccccc2)N[PH](N)(Oc2ccccc2)N1. The Morgan fingerprint density at radius 3 is 1.50 bits per heavy atom. The van der Waals surface area contributed by atoms with Gasteiger partial charge in [-0.1, -0.05) is 0 Å². The van der Waals surface area contributed by atoms with Gasteiger partial charge in [-0.3, -0.25) is 0 Å². The molecule has 3 aromatic rings. The van der Waals surface area contributed by atoms with Gasteiger partial charge in [-0.15, -0.1) is 0 Å². The minimum atomic E-state index is -3.67. The summed E-state index contributed by atoms with van der Waals surface area (Å²) in [6.45, 7) is 0. The van der Waals surface area contributed by atoms with E-state index in [1.165, 1.54) is 0 Å². The molecule has 0 saturated carbocycles. The summed E-state index contributed by atoms with van der Waals surface area (Å²) in [4.78, 5) is 6.23. The van der Waals surface area contributed by atoms with Crippen molar-refractivity contribution in [1.29, 1.82) is 0 Å². The fraction of sp³-hybridized carbons (Fsp3) is 0. The summed E-state index contributed by atoms with van der Waals surface area (Å²) in [6.07, 6.45) is 0. The summed E-state index contributed by atoms with van der Waals surface area (Å²) in [5.74, 6) is 1.67. The van der Waals surface area contributed by atoms with Crippen LogP contribution in [0.15, 0.2) is 95.5 Å². The molecule has 3 aromatic carbocycles. The van der Waals surface area contributed by atoms with Gasteiger partial charge in [0.15, 0.2) is 0 Å². The van der Waals surface area contributed by atoms with Gasteiger partial charge in [-0.2, -0.15) is 0 Å². The molecule has 0 fully saturated rings. The molecule has 8 N–H and O–H groups in total. The average molecular weight is 466 g/mol. The van der Waals surface area contributed by atoms with E-state index >= 15 is 0 Å². The Hall–Kier alpha value is -2.05. The van der Waals surface area contributed by atoms with Crippen molar-refractivity contribution in [1.82, 2.24) is 9.72 Å². The van der Waals surface area contributed by atoms with E-state index in [1.54, 1.807) is 36.4 Å². The quantitative estimate of drug-likeness (QED) is 0.343. The summed E-state index contributed by atoms with van der Waals surface area (Å²) >= 11 is 0. The molecular formula is C18H25N6O3P3. The van der Waals surface area contributed by atoms with Crippen molar-refractivity contribution < 1.29 is 13.6 Å². The van der Waals surface area contributed by atoms with Crippen LogP contribution < -0.4 is 39.8 Å². The molecule has 30 heavy (non-hydrogen) atoms. The Balaban J connectivity index is 1.74. The zero-order chi connectivity index (χ0) is 21.1. The second-order valence-corrected chi connectivity index (χ2v) is 14.1. The van der Waals surface area contributed by atoms with Gasteiger partial charge >= 0.3 is 176 Å². The first-order valence-corrected chi connectivity index (χ1v) is 14.8. The van der Waals surface area contributed by atoms with Crippen molar-refractivity contribution in [2.45, 2.75) is 0 Å². The van der Waals surface area contributed by atoms with E-state index in [1.807, 2.05) is 54.6 Å². The Bertz CT molecular complexity index is 997. The molecule has 0 unspecified atom stereocenters.